The highest BCUT2D eigenvalue weighted by atomic mass is 16.8. The summed E-state index contributed by atoms with van der Waals surface area (Å²) >= 11 is 0. The number of carbonyl (C=O) groups excluding carboxylic acids is 1. The minimum absolute atomic E-state index is 0.125. The van der Waals surface area contributed by atoms with E-state index in [-0.39, 0.29) is 6.42 Å². The summed E-state index contributed by atoms with van der Waals surface area (Å²) < 4.78 is 9.86. The highest BCUT2D eigenvalue weighted by molar-refractivity contribution is 5.69. The van der Waals surface area contributed by atoms with Gasteiger partial charge >= 0.3 is 5.97 Å². The van der Waals surface area contributed by atoms with Crippen LogP contribution < -0.4 is 0 Å². The van der Waals surface area contributed by atoms with E-state index in [1.807, 2.05) is 0 Å². The summed E-state index contributed by atoms with van der Waals surface area (Å²) in [4.78, 5) is 11.9. The zero-order valence-corrected chi connectivity index (χ0v) is 17.0. The number of esters is 1. The van der Waals surface area contributed by atoms with Crippen LogP contribution in [0.5, 0.6) is 0 Å². The van der Waals surface area contributed by atoms with Crippen LogP contribution in [0.2, 0.25) is 0 Å². The lowest BCUT2D eigenvalue weighted by atomic mass is 9.96. The normalized spacial score (nSPS) is 30.4. The zero-order valence-electron chi connectivity index (χ0n) is 17.0. The summed E-state index contributed by atoms with van der Waals surface area (Å²) in [6.45, 7) is 1.19. The Hall–Kier alpha value is -0.770. The molecular formula is C20H38O8. The van der Waals surface area contributed by atoms with E-state index in [1.165, 1.54) is 44.9 Å². The second-order valence-electron chi connectivity index (χ2n) is 7.69. The average molecular weight is 407 g/mol. The van der Waals surface area contributed by atoms with Crippen LogP contribution >= 0.6 is 0 Å². The van der Waals surface area contributed by atoms with Gasteiger partial charge in [-0.25, -0.2) is 0 Å². The summed E-state index contributed by atoms with van der Waals surface area (Å²) in [6.07, 6.45) is 5.68. The quantitative estimate of drug-likeness (QED) is 0.215. The van der Waals surface area contributed by atoms with Gasteiger partial charge in [-0.2, -0.15) is 0 Å². The van der Waals surface area contributed by atoms with E-state index in [4.69, 9.17) is 14.6 Å². The molecule has 28 heavy (non-hydrogen) atoms. The molecule has 1 heterocycles. The Morgan fingerprint density at radius 1 is 0.893 bits per heavy atom. The number of hydrogen-bond donors (Lipinski definition) is 5. The van der Waals surface area contributed by atoms with Crippen LogP contribution in [0, 0.1) is 0 Å². The van der Waals surface area contributed by atoms with Gasteiger partial charge in [0.1, 0.15) is 18.3 Å². The maximum Gasteiger partial charge on any atom is 0.308 e. The standard InChI is InChI=1S/C20H38O8/c1-2-3-4-5-6-7-8-9-10-11-12-13-15(22)27-19-17(24)16(23)18(25)20(26,14-21)28-19/h16-19,21,23-26H,2-14H2,1H3/t16-,17+,18+,19?,20+/m1/s1. The minimum Gasteiger partial charge on any atom is -0.433 e. The molecule has 0 radical (unpaired) electrons. The van der Waals surface area contributed by atoms with Gasteiger partial charge in [-0.15, -0.1) is 0 Å². The van der Waals surface area contributed by atoms with Crippen molar-refractivity contribution in [3.8, 4) is 0 Å². The lowest BCUT2D eigenvalue weighted by Crippen LogP contribution is -2.66. The summed E-state index contributed by atoms with van der Waals surface area (Å²) in [7, 11) is 0. The lowest BCUT2D eigenvalue weighted by Gasteiger charge is -2.43. The fourth-order valence-electron chi connectivity index (χ4n) is 3.30. The molecule has 0 amide bonds. The van der Waals surface area contributed by atoms with Crippen molar-refractivity contribution in [1.29, 1.82) is 0 Å². The van der Waals surface area contributed by atoms with E-state index in [1.54, 1.807) is 0 Å². The van der Waals surface area contributed by atoms with Crippen LogP contribution in [-0.2, 0) is 14.3 Å². The van der Waals surface area contributed by atoms with Crippen molar-refractivity contribution >= 4 is 5.97 Å². The Morgan fingerprint density at radius 2 is 1.39 bits per heavy atom. The molecular weight excluding hydrogens is 368 g/mol. The predicted octanol–water partition coefficient (Wildman–Crippen LogP) is 1.35. The van der Waals surface area contributed by atoms with Crippen LogP contribution in [-0.4, -0.2) is 68.5 Å². The average Bonchev–Trinajstić information content (AvgIpc) is 2.68. The van der Waals surface area contributed by atoms with Gasteiger partial charge in [0, 0.05) is 6.42 Å². The van der Waals surface area contributed by atoms with E-state index >= 15 is 0 Å². The zero-order chi connectivity index (χ0) is 21.0. The van der Waals surface area contributed by atoms with Crippen LogP contribution in [0.25, 0.3) is 0 Å². The number of aliphatic hydroxyl groups is 5. The van der Waals surface area contributed by atoms with E-state index < -0.39 is 43.0 Å². The highest BCUT2D eigenvalue weighted by Crippen LogP contribution is 2.28. The SMILES string of the molecule is CCCCCCCCCCCCCC(=O)OC1O[C@@](O)(CO)[C@@H](O)[C@H](O)[C@@H]1O. The van der Waals surface area contributed by atoms with E-state index in [0.717, 1.165) is 19.3 Å². The number of ether oxygens (including phenoxy) is 2. The fraction of sp³-hybridized carbons (Fsp3) is 0.950. The van der Waals surface area contributed by atoms with Crippen LogP contribution in [0.15, 0.2) is 0 Å². The van der Waals surface area contributed by atoms with Crippen LogP contribution in [0.3, 0.4) is 0 Å². The molecule has 0 spiro atoms. The summed E-state index contributed by atoms with van der Waals surface area (Å²) in [6, 6.07) is 0. The molecule has 1 aliphatic heterocycles. The molecule has 0 aromatic rings. The molecule has 1 rings (SSSR count). The predicted molar refractivity (Wildman–Crippen MR) is 102 cm³/mol. The monoisotopic (exact) mass is 406 g/mol. The molecule has 1 fully saturated rings. The van der Waals surface area contributed by atoms with Crippen LogP contribution in [0.4, 0.5) is 0 Å². The topological polar surface area (TPSA) is 137 Å². The lowest BCUT2D eigenvalue weighted by molar-refractivity contribution is -0.390. The van der Waals surface area contributed by atoms with Crippen molar-refractivity contribution < 1.29 is 39.8 Å². The third kappa shape index (κ3) is 8.31. The Balaban J connectivity index is 2.14. The molecule has 5 N–H and O–H groups in total. The van der Waals surface area contributed by atoms with Crippen molar-refractivity contribution in [3.05, 3.63) is 0 Å². The molecule has 0 aromatic carbocycles. The number of hydrogen-bond acceptors (Lipinski definition) is 8. The maximum atomic E-state index is 11.9. The van der Waals surface area contributed by atoms with Gasteiger partial charge in [0.2, 0.25) is 12.1 Å². The first-order valence-electron chi connectivity index (χ1n) is 10.6. The van der Waals surface area contributed by atoms with Gasteiger partial charge in [-0.1, -0.05) is 71.1 Å². The third-order valence-corrected chi connectivity index (χ3v) is 5.19. The molecule has 0 saturated carbocycles. The molecule has 0 bridgehead atoms. The molecule has 8 nitrogen and oxygen atoms in total. The first-order chi connectivity index (χ1) is 13.4. The number of unbranched alkanes of at least 4 members (excludes halogenated alkanes) is 10. The summed E-state index contributed by atoms with van der Waals surface area (Å²) in [5.41, 5.74) is 0. The van der Waals surface area contributed by atoms with Gasteiger partial charge in [-0.3, -0.25) is 4.79 Å². The van der Waals surface area contributed by atoms with Crippen molar-refractivity contribution in [1.82, 2.24) is 0 Å². The third-order valence-electron chi connectivity index (χ3n) is 5.19. The van der Waals surface area contributed by atoms with Gasteiger partial charge in [0.25, 0.3) is 0 Å². The van der Waals surface area contributed by atoms with Crippen molar-refractivity contribution in [3.63, 3.8) is 0 Å². The highest BCUT2D eigenvalue weighted by Gasteiger charge is 2.53. The van der Waals surface area contributed by atoms with Gasteiger partial charge in [0.05, 0.1) is 6.61 Å². The van der Waals surface area contributed by atoms with E-state index in [2.05, 4.69) is 6.92 Å². The molecule has 0 aliphatic carbocycles. The Morgan fingerprint density at radius 3 is 1.89 bits per heavy atom. The van der Waals surface area contributed by atoms with Crippen molar-refractivity contribution in [2.24, 2.45) is 0 Å². The Kier molecular flexibility index (Phi) is 12.1. The molecule has 5 atom stereocenters. The molecule has 166 valence electrons. The van der Waals surface area contributed by atoms with Gasteiger partial charge in [0.15, 0.2) is 0 Å². The number of carbonyl (C=O) groups is 1. The first kappa shape index (κ1) is 25.3. The Labute approximate surface area is 167 Å². The molecule has 1 saturated heterocycles. The molecule has 1 aliphatic rings. The smallest absolute Gasteiger partial charge is 0.308 e. The molecule has 1 unspecified atom stereocenters. The number of rotatable bonds is 14. The van der Waals surface area contributed by atoms with Crippen molar-refractivity contribution in [2.45, 2.75) is 114 Å². The molecule has 0 aromatic heterocycles. The number of aliphatic hydroxyl groups excluding tert-OH is 4. The van der Waals surface area contributed by atoms with E-state index in [0.29, 0.717) is 6.42 Å². The van der Waals surface area contributed by atoms with Crippen LogP contribution in [0.1, 0.15) is 84.0 Å². The second kappa shape index (κ2) is 13.5. The van der Waals surface area contributed by atoms with Crippen molar-refractivity contribution in [2.75, 3.05) is 6.61 Å². The summed E-state index contributed by atoms with van der Waals surface area (Å²) in [5.74, 6) is -3.14. The second-order valence-corrected chi connectivity index (χ2v) is 7.69. The van der Waals surface area contributed by atoms with Gasteiger partial charge < -0.3 is 35.0 Å². The summed E-state index contributed by atoms with van der Waals surface area (Å²) in [5, 5.41) is 48.3. The minimum atomic E-state index is -2.50. The molecule has 8 heteroatoms. The fourth-order valence-corrected chi connectivity index (χ4v) is 3.30. The largest absolute Gasteiger partial charge is 0.433 e. The van der Waals surface area contributed by atoms with Gasteiger partial charge in [-0.05, 0) is 6.42 Å². The maximum absolute atomic E-state index is 11.9. The Bertz CT molecular complexity index is 432. The first-order valence-corrected chi connectivity index (χ1v) is 10.6. The van der Waals surface area contributed by atoms with E-state index in [9.17, 15) is 25.2 Å².